The van der Waals surface area contributed by atoms with Crippen LogP contribution in [0.1, 0.15) is 40.0 Å². The van der Waals surface area contributed by atoms with E-state index in [4.69, 9.17) is 10.4 Å². The van der Waals surface area contributed by atoms with Gasteiger partial charge in [0, 0.05) is 18.6 Å². The van der Waals surface area contributed by atoms with E-state index in [9.17, 15) is 9.59 Å². The molecule has 5 aromatic rings. The molecule has 0 aliphatic heterocycles. The normalized spacial score (nSPS) is 12.1. The summed E-state index contributed by atoms with van der Waals surface area (Å²) >= 11 is 0. The van der Waals surface area contributed by atoms with Gasteiger partial charge in [-0.2, -0.15) is 0 Å². The smallest absolute Gasteiger partial charge is 0.267 e. The second-order valence-corrected chi connectivity index (χ2v) is 8.55. The van der Waals surface area contributed by atoms with Gasteiger partial charge in [0.1, 0.15) is 16.8 Å². The summed E-state index contributed by atoms with van der Waals surface area (Å²) in [5, 5.41) is 12.1. The summed E-state index contributed by atoms with van der Waals surface area (Å²) in [5.74, 6) is -0.429. The maximum absolute atomic E-state index is 13.5. The van der Waals surface area contributed by atoms with Crippen molar-refractivity contribution < 1.29 is 4.79 Å². The Labute approximate surface area is 201 Å². The molecular weight excluding hydrogens is 440 g/mol. The monoisotopic (exact) mass is 464 g/mol. The van der Waals surface area contributed by atoms with Crippen molar-refractivity contribution in [3.8, 4) is 0 Å². The molecule has 0 spiro atoms. The van der Waals surface area contributed by atoms with Crippen molar-refractivity contribution in [1.29, 1.82) is 5.41 Å². The Bertz CT molecular complexity index is 1670. The van der Waals surface area contributed by atoms with Gasteiger partial charge in [0.25, 0.3) is 11.5 Å². The van der Waals surface area contributed by atoms with Gasteiger partial charge in [0.05, 0.1) is 23.5 Å². The first-order chi connectivity index (χ1) is 16.9. The molecule has 1 atom stereocenters. The summed E-state index contributed by atoms with van der Waals surface area (Å²) in [6.07, 6.45) is 5.09. The van der Waals surface area contributed by atoms with E-state index in [1.807, 2.05) is 56.3 Å². The van der Waals surface area contributed by atoms with Gasteiger partial charge in [-0.1, -0.05) is 42.5 Å². The zero-order valence-electron chi connectivity index (χ0n) is 19.4. The first-order valence-corrected chi connectivity index (χ1v) is 11.3. The van der Waals surface area contributed by atoms with E-state index in [0.717, 1.165) is 16.7 Å². The van der Waals surface area contributed by atoms with Crippen molar-refractivity contribution in [3.05, 3.63) is 117 Å². The van der Waals surface area contributed by atoms with E-state index in [-0.39, 0.29) is 34.6 Å². The van der Waals surface area contributed by atoms with E-state index >= 15 is 0 Å². The van der Waals surface area contributed by atoms with Crippen molar-refractivity contribution in [2.45, 2.75) is 26.4 Å². The van der Waals surface area contributed by atoms with Gasteiger partial charge < -0.3 is 9.88 Å². The number of pyridine rings is 3. The highest BCUT2D eigenvalue weighted by atomic mass is 16.2. The number of amides is 1. The molecule has 0 saturated carbocycles. The number of hydrogen-bond acceptors (Lipinski definition) is 5. The molecule has 0 fully saturated rings. The summed E-state index contributed by atoms with van der Waals surface area (Å²) in [5.41, 5.74) is 3.29. The lowest BCUT2D eigenvalue weighted by Gasteiger charge is -2.17. The maximum atomic E-state index is 13.5. The average molecular weight is 465 g/mol. The molecule has 0 unspecified atom stereocenters. The van der Waals surface area contributed by atoms with Crippen molar-refractivity contribution >= 4 is 22.6 Å². The minimum absolute atomic E-state index is 0.0255. The topological polar surface area (TPSA) is 105 Å². The minimum Gasteiger partial charge on any atom is -0.345 e. The van der Waals surface area contributed by atoms with Crippen LogP contribution in [0.2, 0.25) is 0 Å². The highest BCUT2D eigenvalue weighted by molar-refractivity contribution is 5.97. The van der Waals surface area contributed by atoms with Crippen LogP contribution in [0.4, 0.5) is 0 Å². The van der Waals surface area contributed by atoms with Crippen LogP contribution in [0.3, 0.4) is 0 Å². The fourth-order valence-corrected chi connectivity index (χ4v) is 4.14. The molecule has 1 amide bonds. The first kappa shape index (κ1) is 22.2. The van der Waals surface area contributed by atoms with Crippen molar-refractivity contribution in [1.82, 2.24) is 24.3 Å². The molecule has 0 aliphatic carbocycles. The second-order valence-electron chi connectivity index (χ2n) is 8.55. The third-order valence-corrected chi connectivity index (χ3v) is 6.01. The van der Waals surface area contributed by atoms with Gasteiger partial charge in [-0.3, -0.25) is 24.4 Å². The SMILES string of the molecule is Cc1ccc2nc3c(cc(C(=O)N[C@H](C)c4ccccc4)c(=N)n3Cc3cccnc3)c(=O)n2c1. The number of nitrogens with one attached hydrogen (secondary N) is 2. The third-order valence-electron chi connectivity index (χ3n) is 6.01. The molecule has 0 radical (unpaired) electrons. The predicted octanol–water partition coefficient (Wildman–Crippen LogP) is 3.37. The number of fused-ring (bicyclic) bond motifs is 2. The molecule has 35 heavy (non-hydrogen) atoms. The van der Waals surface area contributed by atoms with Gasteiger partial charge in [0.2, 0.25) is 0 Å². The number of nitrogens with zero attached hydrogens (tertiary/aromatic N) is 4. The minimum atomic E-state index is -0.429. The highest BCUT2D eigenvalue weighted by Crippen LogP contribution is 2.15. The van der Waals surface area contributed by atoms with Crippen LogP contribution in [0.15, 0.2) is 84.0 Å². The number of rotatable bonds is 5. The lowest BCUT2D eigenvalue weighted by atomic mass is 10.1. The maximum Gasteiger partial charge on any atom is 0.267 e. The number of carbonyl (C=O) groups excluding carboxylic acids is 1. The predicted molar refractivity (Wildman–Crippen MR) is 133 cm³/mol. The Balaban J connectivity index is 1.70. The molecular formula is C27H24N6O2. The van der Waals surface area contributed by atoms with Crippen LogP contribution >= 0.6 is 0 Å². The van der Waals surface area contributed by atoms with E-state index in [0.29, 0.717) is 11.3 Å². The van der Waals surface area contributed by atoms with Crippen LogP contribution in [-0.2, 0) is 6.54 Å². The summed E-state index contributed by atoms with van der Waals surface area (Å²) in [6, 6.07) is 18.1. The average Bonchev–Trinajstić information content (AvgIpc) is 2.87. The lowest BCUT2D eigenvalue weighted by Crippen LogP contribution is -2.36. The molecule has 8 heteroatoms. The molecule has 2 N–H and O–H groups in total. The fourth-order valence-electron chi connectivity index (χ4n) is 4.14. The molecule has 1 aromatic carbocycles. The van der Waals surface area contributed by atoms with Crippen molar-refractivity contribution in [2.24, 2.45) is 0 Å². The summed E-state index contributed by atoms with van der Waals surface area (Å²) < 4.78 is 3.07. The van der Waals surface area contributed by atoms with Crippen LogP contribution in [0.5, 0.6) is 0 Å². The Morgan fingerprint density at radius 1 is 1.11 bits per heavy atom. The van der Waals surface area contributed by atoms with Crippen LogP contribution in [0.25, 0.3) is 16.7 Å². The molecule has 8 nitrogen and oxygen atoms in total. The molecule has 0 aliphatic rings. The molecule has 0 saturated heterocycles. The highest BCUT2D eigenvalue weighted by Gasteiger charge is 2.19. The lowest BCUT2D eigenvalue weighted by molar-refractivity contribution is 0.0937. The number of aryl methyl sites for hydroxylation is 1. The van der Waals surface area contributed by atoms with Crippen molar-refractivity contribution in [3.63, 3.8) is 0 Å². The Hall–Kier alpha value is -4.59. The Morgan fingerprint density at radius 3 is 2.66 bits per heavy atom. The number of aromatic nitrogens is 4. The number of hydrogen-bond donors (Lipinski definition) is 2. The quantitative estimate of drug-likeness (QED) is 0.389. The molecule has 5 rings (SSSR count). The van der Waals surface area contributed by atoms with Crippen LogP contribution in [-0.4, -0.2) is 24.8 Å². The first-order valence-electron chi connectivity index (χ1n) is 11.3. The van der Waals surface area contributed by atoms with E-state index < -0.39 is 5.91 Å². The Kier molecular flexibility index (Phi) is 5.70. The Morgan fingerprint density at radius 2 is 1.91 bits per heavy atom. The standard InChI is InChI=1S/C27H24N6O2/c1-17-10-11-23-31-25-22(27(35)32(23)15-17)13-21(24(28)33(25)16-19-7-6-12-29-14-19)26(34)30-18(2)20-8-4-3-5-9-20/h3-15,18,28H,16H2,1-2H3,(H,30,34)/t18-/m1/s1. The summed E-state index contributed by atoms with van der Waals surface area (Å²) in [6.45, 7) is 4.02. The zero-order valence-corrected chi connectivity index (χ0v) is 19.4. The van der Waals surface area contributed by atoms with Gasteiger partial charge in [-0.25, -0.2) is 4.98 Å². The number of benzene rings is 1. The third kappa shape index (κ3) is 4.21. The zero-order chi connectivity index (χ0) is 24.5. The molecule has 4 aromatic heterocycles. The molecule has 174 valence electrons. The van der Waals surface area contributed by atoms with Crippen LogP contribution < -0.4 is 16.4 Å². The van der Waals surface area contributed by atoms with Crippen LogP contribution in [0, 0.1) is 12.3 Å². The van der Waals surface area contributed by atoms with Gasteiger partial charge in [0.15, 0.2) is 0 Å². The molecule has 4 heterocycles. The molecule has 0 bridgehead atoms. The van der Waals surface area contributed by atoms with Crippen molar-refractivity contribution in [2.75, 3.05) is 0 Å². The van der Waals surface area contributed by atoms with E-state index in [2.05, 4.69) is 10.3 Å². The number of carbonyl (C=O) groups is 1. The van der Waals surface area contributed by atoms with Gasteiger partial charge in [-0.15, -0.1) is 0 Å². The summed E-state index contributed by atoms with van der Waals surface area (Å²) in [7, 11) is 0. The van der Waals surface area contributed by atoms with E-state index in [1.54, 1.807) is 35.3 Å². The van der Waals surface area contributed by atoms with Gasteiger partial charge >= 0.3 is 0 Å². The van der Waals surface area contributed by atoms with Gasteiger partial charge in [-0.05, 0) is 48.7 Å². The fraction of sp³-hybridized carbons (Fsp3) is 0.148. The largest absolute Gasteiger partial charge is 0.345 e. The van der Waals surface area contributed by atoms with E-state index in [1.165, 1.54) is 10.5 Å². The second kappa shape index (κ2) is 8.98. The summed E-state index contributed by atoms with van der Waals surface area (Å²) in [4.78, 5) is 35.7.